The fourth-order valence-electron chi connectivity index (χ4n) is 1.97. The standard InChI is InChI=1S/C12H15N3/c1-2-6-15-7-5-14-11-8-10(9-13)3-4-12(11)15/h3-4,8,14H,2,5-7H2,1H3. The molecule has 0 radical (unpaired) electrons. The van der Waals surface area contributed by atoms with Crippen molar-refractivity contribution < 1.29 is 0 Å². The van der Waals surface area contributed by atoms with E-state index < -0.39 is 0 Å². The van der Waals surface area contributed by atoms with Gasteiger partial charge >= 0.3 is 0 Å². The molecule has 0 bridgehead atoms. The van der Waals surface area contributed by atoms with Gasteiger partial charge in [0.2, 0.25) is 0 Å². The van der Waals surface area contributed by atoms with Crippen LogP contribution in [0.1, 0.15) is 18.9 Å². The van der Waals surface area contributed by atoms with Gasteiger partial charge in [0.15, 0.2) is 0 Å². The van der Waals surface area contributed by atoms with E-state index in [0.29, 0.717) is 0 Å². The molecule has 3 nitrogen and oxygen atoms in total. The van der Waals surface area contributed by atoms with Gasteiger partial charge in [-0.05, 0) is 24.6 Å². The van der Waals surface area contributed by atoms with Gasteiger partial charge in [-0.1, -0.05) is 6.92 Å². The van der Waals surface area contributed by atoms with Crippen LogP contribution in [-0.4, -0.2) is 19.6 Å². The zero-order valence-electron chi connectivity index (χ0n) is 8.95. The molecule has 0 saturated carbocycles. The second-order valence-corrected chi connectivity index (χ2v) is 3.76. The van der Waals surface area contributed by atoms with Crippen LogP contribution < -0.4 is 10.2 Å². The summed E-state index contributed by atoms with van der Waals surface area (Å²) in [5.41, 5.74) is 3.04. The first-order valence-electron chi connectivity index (χ1n) is 5.38. The van der Waals surface area contributed by atoms with Crippen molar-refractivity contribution in [1.29, 1.82) is 5.26 Å². The van der Waals surface area contributed by atoms with Crippen LogP contribution in [0.2, 0.25) is 0 Å². The Bertz CT molecular complexity index is 392. The fraction of sp³-hybridized carbons (Fsp3) is 0.417. The van der Waals surface area contributed by atoms with Gasteiger partial charge in [0.25, 0.3) is 0 Å². The molecule has 15 heavy (non-hydrogen) atoms. The average Bonchev–Trinajstić information content (AvgIpc) is 2.29. The van der Waals surface area contributed by atoms with E-state index in [9.17, 15) is 0 Å². The Hall–Kier alpha value is -1.69. The fourth-order valence-corrected chi connectivity index (χ4v) is 1.97. The number of benzene rings is 1. The monoisotopic (exact) mass is 201 g/mol. The molecule has 3 heteroatoms. The molecule has 0 fully saturated rings. The summed E-state index contributed by atoms with van der Waals surface area (Å²) in [5.74, 6) is 0. The predicted molar refractivity (Wildman–Crippen MR) is 62.2 cm³/mol. The van der Waals surface area contributed by atoms with Crippen LogP contribution in [0.5, 0.6) is 0 Å². The largest absolute Gasteiger partial charge is 0.382 e. The average molecular weight is 201 g/mol. The summed E-state index contributed by atoms with van der Waals surface area (Å²) in [6, 6.07) is 8.01. The number of nitrogens with one attached hydrogen (secondary N) is 1. The number of fused-ring (bicyclic) bond motifs is 1. The maximum atomic E-state index is 8.82. The van der Waals surface area contributed by atoms with Gasteiger partial charge in [0.05, 0.1) is 23.0 Å². The summed E-state index contributed by atoms with van der Waals surface area (Å²) in [4.78, 5) is 2.37. The summed E-state index contributed by atoms with van der Waals surface area (Å²) in [6.07, 6.45) is 1.15. The van der Waals surface area contributed by atoms with Crippen LogP contribution in [0.4, 0.5) is 11.4 Å². The highest BCUT2D eigenvalue weighted by Crippen LogP contribution is 2.29. The highest BCUT2D eigenvalue weighted by Gasteiger charge is 2.15. The number of rotatable bonds is 2. The Morgan fingerprint density at radius 2 is 2.40 bits per heavy atom. The van der Waals surface area contributed by atoms with Crippen molar-refractivity contribution in [2.75, 3.05) is 29.9 Å². The van der Waals surface area contributed by atoms with Gasteiger partial charge in [-0.25, -0.2) is 0 Å². The van der Waals surface area contributed by atoms with Crippen LogP contribution >= 0.6 is 0 Å². The van der Waals surface area contributed by atoms with Crippen molar-refractivity contribution in [3.63, 3.8) is 0 Å². The first kappa shape index (κ1) is 9.85. The van der Waals surface area contributed by atoms with Crippen molar-refractivity contribution in [2.45, 2.75) is 13.3 Å². The first-order valence-corrected chi connectivity index (χ1v) is 5.38. The van der Waals surface area contributed by atoms with E-state index in [2.05, 4.69) is 23.2 Å². The second kappa shape index (κ2) is 4.22. The summed E-state index contributed by atoms with van der Waals surface area (Å²) < 4.78 is 0. The van der Waals surface area contributed by atoms with Gasteiger partial charge in [0.1, 0.15) is 0 Å². The number of nitriles is 1. The molecule has 1 heterocycles. The molecule has 1 aliphatic rings. The molecule has 0 unspecified atom stereocenters. The van der Waals surface area contributed by atoms with Crippen LogP contribution in [0.25, 0.3) is 0 Å². The molecule has 78 valence electrons. The van der Waals surface area contributed by atoms with Crippen LogP contribution in [0, 0.1) is 11.3 Å². The summed E-state index contributed by atoms with van der Waals surface area (Å²) in [5, 5.41) is 12.1. The zero-order chi connectivity index (χ0) is 10.7. The Labute approximate surface area is 90.3 Å². The van der Waals surface area contributed by atoms with Crippen LogP contribution in [-0.2, 0) is 0 Å². The minimum absolute atomic E-state index is 0.722. The molecule has 0 saturated heterocycles. The summed E-state index contributed by atoms with van der Waals surface area (Å²) >= 11 is 0. The lowest BCUT2D eigenvalue weighted by Gasteiger charge is -2.31. The Morgan fingerprint density at radius 1 is 1.53 bits per heavy atom. The smallest absolute Gasteiger partial charge is 0.0992 e. The second-order valence-electron chi connectivity index (χ2n) is 3.76. The van der Waals surface area contributed by atoms with Gasteiger partial charge < -0.3 is 10.2 Å². The van der Waals surface area contributed by atoms with Crippen molar-refractivity contribution >= 4 is 11.4 Å². The number of hydrogen-bond donors (Lipinski definition) is 1. The third-order valence-corrected chi connectivity index (χ3v) is 2.66. The van der Waals surface area contributed by atoms with E-state index in [-0.39, 0.29) is 0 Å². The Morgan fingerprint density at radius 3 is 3.13 bits per heavy atom. The topological polar surface area (TPSA) is 39.1 Å². The number of anilines is 2. The molecule has 0 spiro atoms. The van der Waals surface area contributed by atoms with E-state index >= 15 is 0 Å². The zero-order valence-corrected chi connectivity index (χ0v) is 8.95. The quantitative estimate of drug-likeness (QED) is 0.797. The van der Waals surface area contributed by atoms with Crippen molar-refractivity contribution in [1.82, 2.24) is 0 Å². The molecule has 1 aliphatic heterocycles. The van der Waals surface area contributed by atoms with E-state index in [1.165, 1.54) is 5.69 Å². The van der Waals surface area contributed by atoms with Crippen molar-refractivity contribution in [2.24, 2.45) is 0 Å². The normalized spacial score (nSPS) is 14.0. The van der Waals surface area contributed by atoms with Crippen molar-refractivity contribution in [3.8, 4) is 6.07 Å². The molecule has 0 atom stereocenters. The lowest BCUT2D eigenvalue weighted by Crippen LogP contribution is -2.34. The Kier molecular flexibility index (Phi) is 2.77. The third-order valence-electron chi connectivity index (χ3n) is 2.66. The SMILES string of the molecule is CCCN1CCNc2cc(C#N)ccc21. The van der Waals surface area contributed by atoms with Crippen LogP contribution in [0.3, 0.4) is 0 Å². The van der Waals surface area contributed by atoms with E-state index in [4.69, 9.17) is 5.26 Å². The van der Waals surface area contributed by atoms with Gasteiger partial charge in [-0.3, -0.25) is 0 Å². The lowest BCUT2D eigenvalue weighted by molar-refractivity contribution is 0.760. The lowest BCUT2D eigenvalue weighted by atomic mass is 10.1. The summed E-state index contributed by atoms with van der Waals surface area (Å²) in [6.45, 7) is 5.28. The third kappa shape index (κ3) is 1.89. The molecule has 1 aromatic rings. The van der Waals surface area contributed by atoms with E-state index in [0.717, 1.165) is 37.3 Å². The highest BCUT2D eigenvalue weighted by molar-refractivity contribution is 5.73. The maximum absolute atomic E-state index is 8.82. The van der Waals surface area contributed by atoms with Crippen molar-refractivity contribution in [3.05, 3.63) is 23.8 Å². The Balaban J connectivity index is 2.33. The van der Waals surface area contributed by atoms with Gasteiger partial charge in [0, 0.05) is 19.6 Å². The minimum atomic E-state index is 0.722. The number of nitrogens with zero attached hydrogens (tertiary/aromatic N) is 2. The molecule has 2 rings (SSSR count). The van der Waals surface area contributed by atoms with Crippen LogP contribution in [0.15, 0.2) is 18.2 Å². The molecule has 0 aromatic heterocycles. The maximum Gasteiger partial charge on any atom is 0.0992 e. The highest BCUT2D eigenvalue weighted by atomic mass is 15.2. The molecular weight excluding hydrogens is 186 g/mol. The van der Waals surface area contributed by atoms with E-state index in [1.54, 1.807) is 0 Å². The molecule has 1 N–H and O–H groups in total. The minimum Gasteiger partial charge on any atom is -0.382 e. The van der Waals surface area contributed by atoms with Gasteiger partial charge in [-0.2, -0.15) is 5.26 Å². The van der Waals surface area contributed by atoms with E-state index in [1.807, 2.05) is 18.2 Å². The predicted octanol–water partition coefficient (Wildman–Crippen LogP) is 2.20. The summed E-state index contributed by atoms with van der Waals surface area (Å²) in [7, 11) is 0. The van der Waals surface area contributed by atoms with Gasteiger partial charge in [-0.15, -0.1) is 0 Å². The number of hydrogen-bond acceptors (Lipinski definition) is 3. The molecule has 1 aromatic carbocycles. The first-order chi connectivity index (χ1) is 7.35. The molecule has 0 aliphatic carbocycles. The molecule has 0 amide bonds. The molecular formula is C12H15N3.